The molecule has 1 heterocycles. The Morgan fingerprint density at radius 2 is 2.23 bits per heavy atom. The Bertz CT molecular complexity index is 320. The normalized spacial score (nSPS) is 20.8. The maximum absolute atomic E-state index is 3.44. The van der Waals surface area contributed by atoms with Crippen LogP contribution in [0.2, 0.25) is 0 Å². The maximum Gasteiger partial charge on any atom is 0.0602 e. The highest BCUT2D eigenvalue weighted by Gasteiger charge is 2.18. The summed E-state index contributed by atoms with van der Waals surface area (Å²) in [5.41, 5.74) is 3.89. The second-order valence-electron chi connectivity index (χ2n) is 3.86. The molecule has 1 aromatic rings. The number of rotatable bonds is 0. The van der Waals surface area contributed by atoms with Gasteiger partial charge in [0.05, 0.1) is 11.4 Å². The van der Waals surface area contributed by atoms with Crippen LogP contribution in [-0.2, 0) is 0 Å². The van der Waals surface area contributed by atoms with Gasteiger partial charge in [0, 0.05) is 19.6 Å². The van der Waals surface area contributed by atoms with Gasteiger partial charge in [-0.2, -0.15) is 0 Å². The predicted molar refractivity (Wildman–Crippen MR) is 57.5 cm³/mol. The fourth-order valence-corrected chi connectivity index (χ4v) is 1.73. The largest absolute Gasteiger partial charge is 0.381 e. The van der Waals surface area contributed by atoms with Crippen LogP contribution < -0.4 is 10.2 Å². The first kappa shape index (κ1) is 8.42. The van der Waals surface area contributed by atoms with Crippen LogP contribution in [0.3, 0.4) is 0 Å². The van der Waals surface area contributed by atoms with E-state index in [2.05, 4.69) is 49.3 Å². The van der Waals surface area contributed by atoms with E-state index in [-0.39, 0.29) is 0 Å². The number of anilines is 2. The molecule has 0 aliphatic carbocycles. The smallest absolute Gasteiger partial charge is 0.0602 e. The lowest BCUT2D eigenvalue weighted by molar-refractivity contribution is 0.699. The minimum Gasteiger partial charge on any atom is -0.381 e. The van der Waals surface area contributed by atoms with Crippen molar-refractivity contribution >= 4 is 11.4 Å². The number of likely N-dealkylation sites (N-methyl/N-ethyl adjacent to an activating group) is 1. The standard InChI is InChI=1S/C11H16N2/c1-8-4-5-11-10(6-8)12-7-9(2)13(11)3/h4-6,9,12H,7H2,1-3H3. The molecule has 2 rings (SSSR count). The van der Waals surface area contributed by atoms with Crippen LogP contribution >= 0.6 is 0 Å². The zero-order valence-corrected chi connectivity index (χ0v) is 8.46. The Morgan fingerprint density at radius 3 is 3.00 bits per heavy atom. The van der Waals surface area contributed by atoms with Gasteiger partial charge in [-0.3, -0.25) is 0 Å². The van der Waals surface area contributed by atoms with E-state index in [0.29, 0.717) is 6.04 Å². The molecular weight excluding hydrogens is 160 g/mol. The topological polar surface area (TPSA) is 15.3 Å². The molecule has 13 heavy (non-hydrogen) atoms. The number of nitrogens with one attached hydrogen (secondary N) is 1. The van der Waals surface area contributed by atoms with Crippen LogP contribution in [0.1, 0.15) is 12.5 Å². The molecule has 2 nitrogen and oxygen atoms in total. The number of fused-ring (bicyclic) bond motifs is 1. The van der Waals surface area contributed by atoms with Crippen molar-refractivity contribution in [3.05, 3.63) is 23.8 Å². The highest BCUT2D eigenvalue weighted by Crippen LogP contribution is 2.30. The first-order chi connectivity index (χ1) is 6.18. The van der Waals surface area contributed by atoms with E-state index in [1.807, 2.05) is 0 Å². The fourth-order valence-electron chi connectivity index (χ4n) is 1.73. The number of hydrogen-bond acceptors (Lipinski definition) is 2. The maximum atomic E-state index is 3.44. The summed E-state index contributed by atoms with van der Waals surface area (Å²) in [6, 6.07) is 7.13. The van der Waals surface area contributed by atoms with Crippen molar-refractivity contribution < 1.29 is 0 Å². The van der Waals surface area contributed by atoms with Gasteiger partial charge >= 0.3 is 0 Å². The number of aryl methyl sites for hydroxylation is 1. The quantitative estimate of drug-likeness (QED) is 0.652. The Hall–Kier alpha value is -1.18. The lowest BCUT2D eigenvalue weighted by Crippen LogP contribution is -2.39. The molecule has 0 radical (unpaired) electrons. The summed E-state index contributed by atoms with van der Waals surface area (Å²) in [4.78, 5) is 2.32. The van der Waals surface area contributed by atoms with Crippen molar-refractivity contribution in [2.45, 2.75) is 19.9 Å². The van der Waals surface area contributed by atoms with Crippen LogP contribution in [0.25, 0.3) is 0 Å². The summed E-state index contributed by atoms with van der Waals surface area (Å²) in [7, 11) is 2.15. The monoisotopic (exact) mass is 176 g/mol. The van der Waals surface area contributed by atoms with Crippen molar-refractivity contribution in [2.24, 2.45) is 0 Å². The van der Waals surface area contributed by atoms with Crippen LogP contribution in [0.5, 0.6) is 0 Å². The summed E-state index contributed by atoms with van der Waals surface area (Å²) in [6.45, 7) is 5.39. The van der Waals surface area contributed by atoms with Crippen LogP contribution in [0.4, 0.5) is 11.4 Å². The van der Waals surface area contributed by atoms with Gasteiger partial charge in [-0.05, 0) is 31.5 Å². The van der Waals surface area contributed by atoms with E-state index < -0.39 is 0 Å². The molecule has 1 aliphatic rings. The third-order valence-electron chi connectivity index (χ3n) is 2.78. The Labute approximate surface area is 79.6 Å². The highest BCUT2D eigenvalue weighted by atomic mass is 15.2. The molecule has 2 heteroatoms. The second-order valence-corrected chi connectivity index (χ2v) is 3.86. The van der Waals surface area contributed by atoms with Crippen LogP contribution in [0, 0.1) is 6.92 Å². The number of hydrogen-bond donors (Lipinski definition) is 1. The lowest BCUT2D eigenvalue weighted by atomic mass is 10.1. The van der Waals surface area contributed by atoms with Gasteiger partial charge in [-0.25, -0.2) is 0 Å². The van der Waals surface area contributed by atoms with Gasteiger partial charge < -0.3 is 10.2 Å². The second kappa shape index (κ2) is 2.95. The van der Waals surface area contributed by atoms with Crippen LogP contribution in [-0.4, -0.2) is 19.6 Å². The first-order valence-corrected chi connectivity index (χ1v) is 4.76. The predicted octanol–water partition coefficient (Wildman–Crippen LogP) is 2.25. The van der Waals surface area contributed by atoms with Crippen LogP contribution in [0.15, 0.2) is 18.2 Å². The van der Waals surface area contributed by atoms with Gasteiger partial charge in [-0.15, -0.1) is 0 Å². The molecule has 0 bridgehead atoms. The van der Waals surface area contributed by atoms with Gasteiger partial charge in [0.1, 0.15) is 0 Å². The zero-order chi connectivity index (χ0) is 9.42. The van der Waals surface area contributed by atoms with E-state index >= 15 is 0 Å². The van der Waals surface area contributed by atoms with Gasteiger partial charge in [0.2, 0.25) is 0 Å². The fraction of sp³-hybridized carbons (Fsp3) is 0.455. The Morgan fingerprint density at radius 1 is 1.46 bits per heavy atom. The van der Waals surface area contributed by atoms with Gasteiger partial charge in [-0.1, -0.05) is 6.07 Å². The molecule has 0 saturated heterocycles. The summed E-state index contributed by atoms with van der Waals surface area (Å²) in [5, 5.41) is 3.44. The van der Waals surface area contributed by atoms with Crippen molar-refractivity contribution in [3.8, 4) is 0 Å². The molecule has 0 spiro atoms. The van der Waals surface area contributed by atoms with E-state index in [9.17, 15) is 0 Å². The molecule has 0 amide bonds. The molecule has 70 valence electrons. The lowest BCUT2D eigenvalue weighted by Gasteiger charge is -2.34. The summed E-state index contributed by atoms with van der Waals surface area (Å²) in [6.07, 6.45) is 0. The van der Waals surface area contributed by atoms with Crippen molar-refractivity contribution in [3.63, 3.8) is 0 Å². The van der Waals surface area contributed by atoms with Crippen molar-refractivity contribution in [1.82, 2.24) is 0 Å². The zero-order valence-electron chi connectivity index (χ0n) is 8.46. The summed E-state index contributed by atoms with van der Waals surface area (Å²) < 4.78 is 0. The minimum atomic E-state index is 0.579. The van der Waals surface area contributed by atoms with Crippen molar-refractivity contribution in [1.29, 1.82) is 0 Å². The summed E-state index contributed by atoms with van der Waals surface area (Å²) in [5.74, 6) is 0. The summed E-state index contributed by atoms with van der Waals surface area (Å²) >= 11 is 0. The third-order valence-corrected chi connectivity index (χ3v) is 2.78. The molecule has 1 N–H and O–H groups in total. The molecule has 1 aliphatic heterocycles. The average Bonchev–Trinajstić information content (AvgIpc) is 2.12. The van der Waals surface area contributed by atoms with Gasteiger partial charge in [0.15, 0.2) is 0 Å². The van der Waals surface area contributed by atoms with E-state index in [1.54, 1.807) is 0 Å². The molecule has 1 unspecified atom stereocenters. The molecule has 0 aromatic heterocycles. The molecule has 1 atom stereocenters. The minimum absolute atomic E-state index is 0.579. The third kappa shape index (κ3) is 1.37. The van der Waals surface area contributed by atoms with E-state index in [1.165, 1.54) is 16.9 Å². The van der Waals surface area contributed by atoms with E-state index in [0.717, 1.165) is 6.54 Å². The Balaban J connectivity index is 2.44. The first-order valence-electron chi connectivity index (χ1n) is 4.76. The number of benzene rings is 1. The Kier molecular flexibility index (Phi) is 1.91. The molecule has 0 fully saturated rings. The average molecular weight is 176 g/mol. The molecule has 0 saturated carbocycles. The molecule has 1 aromatic carbocycles. The van der Waals surface area contributed by atoms with Gasteiger partial charge in [0.25, 0.3) is 0 Å². The SMILES string of the molecule is Cc1ccc2c(c1)NCC(C)N2C. The molecular formula is C11H16N2. The van der Waals surface area contributed by atoms with Crippen molar-refractivity contribution in [2.75, 3.05) is 23.8 Å². The number of nitrogens with zero attached hydrogens (tertiary/aromatic N) is 1. The highest BCUT2D eigenvalue weighted by molar-refractivity contribution is 5.73. The van der Waals surface area contributed by atoms with E-state index in [4.69, 9.17) is 0 Å².